The monoisotopic (exact) mass is 359 g/mol. The first-order valence-corrected chi connectivity index (χ1v) is 10.0. The highest BCUT2D eigenvalue weighted by Crippen LogP contribution is 2.33. The number of hydrogen-bond donors (Lipinski definition) is 1. The maximum absolute atomic E-state index is 6.12. The zero-order valence-corrected chi connectivity index (χ0v) is 16.2. The molecule has 0 bridgehead atoms. The Kier molecular flexibility index (Phi) is 7.32. The van der Waals surface area contributed by atoms with Crippen molar-refractivity contribution in [3.05, 3.63) is 35.9 Å². The number of nitrogens with zero attached hydrogens (tertiary/aromatic N) is 2. The summed E-state index contributed by atoms with van der Waals surface area (Å²) in [5.74, 6) is 2.04. The predicted octanol–water partition coefficient (Wildman–Crippen LogP) is 3.09. The third-order valence-electron chi connectivity index (χ3n) is 5.30. The van der Waals surface area contributed by atoms with Gasteiger partial charge in [0.25, 0.3) is 0 Å². The van der Waals surface area contributed by atoms with Crippen molar-refractivity contribution in [3.63, 3.8) is 0 Å². The van der Waals surface area contributed by atoms with E-state index in [-0.39, 0.29) is 6.10 Å². The molecule has 0 spiro atoms. The fourth-order valence-corrected chi connectivity index (χ4v) is 3.92. The molecule has 0 aliphatic carbocycles. The number of rotatable bonds is 6. The fraction of sp³-hybridized carbons (Fsp3) is 0.667. The van der Waals surface area contributed by atoms with Crippen LogP contribution in [0.5, 0.6) is 0 Å². The van der Waals surface area contributed by atoms with Gasteiger partial charge in [0, 0.05) is 51.7 Å². The lowest BCUT2D eigenvalue weighted by Gasteiger charge is -2.32. The van der Waals surface area contributed by atoms with Gasteiger partial charge in [0.15, 0.2) is 5.96 Å². The van der Waals surface area contributed by atoms with Crippen LogP contribution in [0, 0.1) is 11.8 Å². The van der Waals surface area contributed by atoms with Crippen LogP contribution in [0.2, 0.25) is 0 Å². The molecule has 26 heavy (non-hydrogen) atoms. The molecule has 0 saturated carbocycles. The molecule has 2 aliphatic heterocycles. The van der Waals surface area contributed by atoms with E-state index < -0.39 is 0 Å². The van der Waals surface area contributed by atoms with Gasteiger partial charge in [-0.25, -0.2) is 0 Å². The second-order valence-electron chi connectivity index (χ2n) is 7.41. The van der Waals surface area contributed by atoms with E-state index in [0.29, 0.717) is 11.8 Å². The quantitative estimate of drug-likeness (QED) is 0.626. The summed E-state index contributed by atoms with van der Waals surface area (Å²) in [6.07, 6.45) is 3.60. The van der Waals surface area contributed by atoms with Crippen molar-refractivity contribution >= 4 is 5.96 Å². The molecule has 3 atom stereocenters. The average molecular weight is 360 g/mol. The van der Waals surface area contributed by atoms with Crippen molar-refractivity contribution in [1.82, 2.24) is 10.2 Å². The number of benzene rings is 1. The number of ether oxygens (including phenoxy) is 2. The number of hydrogen-bond acceptors (Lipinski definition) is 3. The Morgan fingerprint density at radius 1 is 1.23 bits per heavy atom. The van der Waals surface area contributed by atoms with E-state index in [0.717, 1.165) is 58.3 Å². The van der Waals surface area contributed by atoms with Crippen LogP contribution in [-0.2, 0) is 9.47 Å². The van der Waals surface area contributed by atoms with Gasteiger partial charge in [-0.2, -0.15) is 0 Å². The molecule has 0 amide bonds. The van der Waals surface area contributed by atoms with Crippen LogP contribution in [0.4, 0.5) is 0 Å². The predicted molar refractivity (Wildman–Crippen MR) is 105 cm³/mol. The molecule has 2 saturated heterocycles. The van der Waals surface area contributed by atoms with E-state index in [2.05, 4.69) is 54.5 Å². The van der Waals surface area contributed by atoms with Crippen LogP contribution in [0.15, 0.2) is 35.3 Å². The molecule has 3 unspecified atom stereocenters. The minimum Gasteiger partial charge on any atom is -0.381 e. The number of aliphatic imine (C=N–C) groups is 1. The van der Waals surface area contributed by atoms with Gasteiger partial charge in [-0.1, -0.05) is 30.3 Å². The van der Waals surface area contributed by atoms with E-state index in [4.69, 9.17) is 14.5 Å². The summed E-state index contributed by atoms with van der Waals surface area (Å²) in [7, 11) is 2.13. The fourth-order valence-electron chi connectivity index (χ4n) is 3.92. The standard InChI is InChI=1S/C21H33N3O2/c1-3-22-21(24(2)15-17-11-13-25-16-17)23-14-19-10-7-12-26-20(19)18-8-5-4-6-9-18/h4-6,8-9,17,19-20H,3,7,10-16H2,1-2H3,(H,22,23). The summed E-state index contributed by atoms with van der Waals surface area (Å²) in [5, 5.41) is 3.44. The highest BCUT2D eigenvalue weighted by molar-refractivity contribution is 5.79. The maximum Gasteiger partial charge on any atom is 0.193 e. The van der Waals surface area contributed by atoms with Gasteiger partial charge in [0.05, 0.1) is 12.7 Å². The van der Waals surface area contributed by atoms with Crippen LogP contribution < -0.4 is 5.32 Å². The van der Waals surface area contributed by atoms with Gasteiger partial charge in [-0.15, -0.1) is 0 Å². The Morgan fingerprint density at radius 3 is 2.81 bits per heavy atom. The molecule has 1 N–H and O–H groups in total. The van der Waals surface area contributed by atoms with Crippen LogP contribution in [-0.4, -0.2) is 57.4 Å². The largest absolute Gasteiger partial charge is 0.381 e. The van der Waals surface area contributed by atoms with Crippen molar-refractivity contribution < 1.29 is 9.47 Å². The minimum absolute atomic E-state index is 0.158. The number of nitrogens with one attached hydrogen (secondary N) is 1. The van der Waals surface area contributed by atoms with Crippen LogP contribution in [0.25, 0.3) is 0 Å². The Labute approximate surface area is 157 Å². The Morgan fingerprint density at radius 2 is 2.08 bits per heavy atom. The molecule has 5 heteroatoms. The Balaban J connectivity index is 1.64. The van der Waals surface area contributed by atoms with Crippen molar-refractivity contribution in [2.24, 2.45) is 16.8 Å². The Hall–Kier alpha value is -1.59. The first kappa shape index (κ1) is 19.2. The molecule has 1 aromatic rings. The summed E-state index contributed by atoms with van der Waals surface area (Å²) in [5.41, 5.74) is 1.27. The molecular weight excluding hydrogens is 326 g/mol. The normalized spacial score (nSPS) is 26.7. The second-order valence-corrected chi connectivity index (χ2v) is 7.41. The highest BCUT2D eigenvalue weighted by Gasteiger charge is 2.27. The average Bonchev–Trinajstić information content (AvgIpc) is 3.19. The van der Waals surface area contributed by atoms with Gasteiger partial charge in [-0.05, 0) is 31.7 Å². The van der Waals surface area contributed by atoms with E-state index in [1.54, 1.807) is 0 Å². The van der Waals surface area contributed by atoms with Gasteiger partial charge >= 0.3 is 0 Å². The number of guanidine groups is 1. The van der Waals surface area contributed by atoms with E-state index in [9.17, 15) is 0 Å². The zero-order chi connectivity index (χ0) is 18.2. The molecular formula is C21H33N3O2. The Bertz CT molecular complexity index is 558. The molecule has 0 radical (unpaired) electrons. The summed E-state index contributed by atoms with van der Waals surface area (Å²) >= 11 is 0. The van der Waals surface area contributed by atoms with Crippen molar-refractivity contribution in [2.45, 2.75) is 32.3 Å². The van der Waals surface area contributed by atoms with Crippen molar-refractivity contribution in [2.75, 3.05) is 46.5 Å². The van der Waals surface area contributed by atoms with Gasteiger partial charge in [0.2, 0.25) is 0 Å². The molecule has 5 nitrogen and oxygen atoms in total. The van der Waals surface area contributed by atoms with Gasteiger partial charge in [0.1, 0.15) is 0 Å². The molecule has 1 aromatic carbocycles. The maximum atomic E-state index is 6.12. The van der Waals surface area contributed by atoms with Crippen LogP contribution in [0.1, 0.15) is 37.9 Å². The molecule has 2 aliphatic rings. The lowest BCUT2D eigenvalue weighted by molar-refractivity contribution is -0.0250. The summed E-state index contributed by atoms with van der Waals surface area (Å²) in [6, 6.07) is 10.6. The van der Waals surface area contributed by atoms with Crippen molar-refractivity contribution in [3.8, 4) is 0 Å². The van der Waals surface area contributed by atoms with Gasteiger partial charge in [-0.3, -0.25) is 4.99 Å². The van der Waals surface area contributed by atoms with E-state index in [1.807, 2.05) is 0 Å². The molecule has 2 heterocycles. The van der Waals surface area contributed by atoms with E-state index >= 15 is 0 Å². The van der Waals surface area contributed by atoms with Crippen LogP contribution >= 0.6 is 0 Å². The molecule has 3 rings (SSSR count). The third-order valence-corrected chi connectivity index (χ3v) is 5.30. The third kappa shape index (κ3) is 5.21. The molecule has 2 fully saturated rings. The molecule has 0 aromatic heterocycles. The summed E-state index contributed by atoms with van der Waals surface area (Å²) in [6.45, 7) is 7.41. The summed E-state index contributed by atoms with van der Waals surface area (Å²) < 4.78 is 11.6. The smallest absolute Gasteiger partial charge is 0.193 e. The SMILES string of the molecule is CCNC(=NCC1CCCOC1c1ccccc1)N(C)CC1CCOC1. The lowest BCUT2D eigenvalue weighted by Crippen LogP contribution is -2.42. The van der Waals surface area contributed by atoms with Crippen LogP contribution in [0.3, 0.4) is 0 Å². The topological polar surface area (TPSA) is 46.1 Å². The summed E-state index contributed by atoms with van der Waals surface area (Å²) in [4.78, 5) is 7.22. The zero-order valence-electron chi connectivity index (χ0n) is 16.2. The second kappa shape index (κ2) is 9.93. The van der Waals surface area contributed by atoms with Crippen molar-refractivity contribution in [1.29, 1.82) is 0 Å². The van der Waals surface area contributed by atoms with Gasteiger partial charge < -0.3 is 19.7 Å². The van der Waals surface area contributed by atoms with E-state index in [1.165, 1.54) is 12.0 Å². The first-order valence-electron chi connectivity index (χ1n) is 10.0. The first-order chi connectivity index (χ1) is 12.8. The highest BCUT2D eigenvalue weighted by atomic mass is 16.5. The molecule has 144 valence electrons. The lowest BCUT2D eigenvalue weighted by atomic mass is 9.89. The minimum atomic E-state index is 0.158.